The first kappa shape index (κ1) is 16.4. The van der Waals surface area contributed by atoms with Crippen molar-refractivity contribution in [2.75, 3.05) is 0 Å². The zero-order valence-corrected chi connectivity index (χ0v) is 14.4. The molecule has 122 valence electrons. The molecule has 2 heterocycles. The van der Waals surface area contributed by atoms with Gasteiger partial charge in [0.1, 0.15) is 4.21 Å². The van der Waals surface area contributed by atoms with Gasteiger partial charge < -0.3 is 4.57 Å². The van der Waals surface area contributed by atoms with Gasteiger partial charge in [-0.2, -0.15) is 8.42 Å². The summed E-state index contributed by atoms with van der Waals surface area (Å²) in [6.45, 7) is 0.108. The van der Waals surface area contributed by atoms with Crippen LogP contribution in [0.25, 0.3) is 10.2 Å². The number of sulfonamides is 1. The fourth-order valence-electron chi connectivity index (χ4n) is 2.05. The molecule has 0 N–H and O–H groups in total. The molecule has 0 aliphatic heterocycles. The number of nitrogens with zero attached hydrogens (tertiary/aromatic N) is 3. The molecule has 0 aliphatic rings. The van der Waals surface area contributed by atoms with E-state index < -0.39 is 14.9 Å². The van der Waals surface area contributed by atoms with E-state index in [2.05, 4.69) is 10.3 Å². The average Bonchev–Trinajstić information content (AvgIpc) is 3.16. The van der Waals surface area contributed by atoms with Crippen molar-refractivity contribution in [1.82, 2.24) is 4.57 Å². The maximum Gasteiger partial charge on any atom is 0.294 e. The molecule has 0 unspecified atom stereocenters. The number of rotatable bonds is 4. The molecule has 0 fully saturated rings. The number of nitro benzene ring substituents is 1. The van der Waals surface area contributed by atoms with Gasteiger partial charge in [0.2, 0.25) is 4.80 Å². The molecular weight excluding hydrogens is 370 g/mol. The van der Waals surface area contributed by atoms with Crippen LogP contribution < -0.4 is 4.80 Å². The van der Waals surface area contributed by atoms with Gasteiger partial charge in [0, 0.05) is 12.1 Å². The highest BCUT2D eigenvalue weighted by Crippen LogP contribution is 2.24. The Kier molecular flexibility index (Phi) is 4.23. The molecule has 3 rings (SSSR count). The van der Waals surface area contributed by atoms with Gasteiger partial charge >= 0.3 is 0 Å². The van der Waals surface area contributed by atoms with E-state index in [1.165, 1.54) is 24.3 Å². The largest absolute Gasteiger partial charge is 0.304 e. The van der Waals surface area contributed by atoms with E-state index in [-0.39, 0.29) is 21.2 Å². The van der Waals surface area contributed by atoms with Crippen LogP contribution in [0.4, 0.5) is 5.69 Å². The first-order chi connectivity index (χ1) is 11.4. The first-order valence-corrected chi connectivity index (χ1v) is 9.62. The van der Waals surface area contributed by atoms with Crippen molar-refractivity contribution in [2.24, 2.45) is 4.40 Å². The molecule has 10 heteroatoms. The lowest BCUT2D eigenvalue weighted by molar-refractivity contribution is -0.384. The summed E-state index contributed by atoms with van der Waals surface area (Å²) >= 11 is 2.11. The number of aromatic nitrogens is 1. The van der Waals surface area contributed by atoms with Crippen LogP contribution in [0.3, 0.4) is 0 Å². The number of nitro groups is 1. The molecule has 1 aromatic carbocycles. The van der Waals surface area contributed by atoms with Gasteiger partial charge in [0.05, 0.1) is 21.7 Å². The normalized spacial score (nSPS) is 12.4. The van der Waals surface area contributed by atoms with Gasteiger partial charge in [0.15, 0.2) is 0 Å². The predicted molar refractivity (Wildman–Crippen MR) is 92.4 cm³/mol. The second-order valence-corrected chi connectivity index (χ2v) is 8.37. The second kappa shape index (κ2) is 6.20. The minimum atomic E-state index is -3.85. The third-order valence-corrected chi connectivity index (χ3v) is 6.87. The summed E-state index contributed by atoms with van der Waals surface area (Å²) in [6.07, 6.45) is 5.35. The van der Waals surface area contributed by atoms with Gasteiger partial charge in [-0.3, -0.25) is 10.1 Å². The van der Waals surface area contributed by atoms with Crippen molar-refractivity contribution in [1.29, 1.82) is 0 Å². The van der Waals surface area contributed by atoms with Gasteiger partial charge in [-0.05, 0) is 17.5 Å². The number of thiophene rings is 1. The molecule has 0 spiro atoms. The Morgan fingerprint density at radius 2 is 2.17 bits per heavy atom. The highest BCUT2D eigenvalue weighted by atomic mass is 32.2. The summed E-state index contributed by atoms with van der Waals surface area (Å²) in [5.41, 5.74) is 0.521. The molecule has 3 aromatic rings. The molecule has 0 radical (unpaired) electrons. The maximum absolute atomic E-state index is 12.3. The number of thiazole rings is 1. The van der Waals surface area contributed by atoms with Crippen LogP contribution in [0.15, 0.2) is 44.3 Å². The molecule has 0 aliphatic carbocycles. The average molecular weight is 379 g/mol. The Morgan fingerprint density at radius 1 is 1.38 bits per heavy atom. The van der Waals surface area contributed by atoms with Crippen LogP contribution in [0.2, 0.25) is 0 Å². The first-order valence-electron chi connectivity index (χ1n) is 6.48. The third-order valence-electron chi connectivity index (χ3n) is 3.07. The SMILES string of the molecule is C#CCn1/c(=N/S(=O)(=O)c2cccs2)sc2cc([N+](=O)[O-])ccc21. The van der Waals surface area contributed by atoms with Crippen molar-refractivity contribution >= 4 is 48.6 Å². The zero-order chi connectivity index (χ0) is 17.3. The highest BCUT2D eigenvalue weighted by molar-refractivity contribution is 7.92. The zero-order valence-electron chi connectivity index (χ0n) is 11.9. The molecule has 0 bridgehead atoms. The Hall–Kier alpha value is -2.48. The molecule has 0 saturated heterocycles. The number of hydrogen-bond acceptors (Lipinski definition) is 6. The minimum absolute atomic E-state index is 0.0794. The number of benzene rings is 1. The van der Waals surface area contributed by atoms with E-state index in [9.17, 15) is 18.5 Å². The van der Waals surface area contributed by atoms with E-state index in [0.29, 0.717) is 10.2 Å². The summed E-state index contributed by atoms with van der Waals surface area (Å²) in [4.78, 5) is 10.6. The number of fused-ring (bicyclic) bond motifs is 1. The third kappa shape index (κ3) is 2.96. The van der Waals surface area contributed by atoms with Crippen molar-refractivity contribution in [3.05, 3.63) is 50.6 Å². The van der Waals surface area contributed by atoms with Crippen LogP contribution in [-0.2, 0) is 16.6 Å². The fourth-order valence-corrected chi connectivity index (χ4v) is 5.28. The van der Waals surface area contributed by atoms with Gasteiger partial charge in [-0.1, -0.05) is 23.3 Å². The Bertz CT molecular complexity index is 1130. The topological polar surface area (TPSA) is 94.6 Å². The molecule has 0 amide bonds. The lowest BCUT2D eigenvalue weighted by atomic mass is 10.3. The van der Waals surface area contributed by atoms with Crippen molar-refractivity contribution in [3.8, 4) is 12.3 Å². The van der Waals surface area contributed by atoms with E-state index in [4.69, 9.17) is 6.42 Å². The van der Waals surface area contributed by atoms with Gasteiger partial charge in [-0.15, -0.1) is 22.2 Å². The Balaban J connectivity index is 2.27. The molecule has 7 nitrogen and oxygen atoms in total. The van der Waals surface area contributed by atoms with Crippen LogP contribution in [0.1, 0.15) is 0 Å². The fraction of sp³-hybridized carbons (Fsp3) is 0.0714. The predicted octanol–water partition coefficient (Wildman–Crippen LogP) is 2.60. The summed E-state index contributed by atoms with van der Waals surface area (Å²) in [5.74, 6) is 2.44. The van der Waals surface area contributed by atoms with Crippen LogP contribution in [0.5, 0.6) is 0 Å². The smallest absolute Gasteiger partial charge is 0.294 e. The Morgan fingerprint density at radius 3 is 2.79 bits per heavy atom. The highest BCUT2D eigenvalue weighted by Gasteiger charge is 2.16. The van der Waals surface area contributed by atoms with E-state index in [0.717, 1.165) is 22.7 Å². The van der Waals surface area contributed by atoms with Gasteiger partial charge in [-0.25, -0.2) is 0 Å². The van der Waals surface area contributed by atoms with Crippen LogP contribution in [0, 0.1) is 22.5 Å². The summed E-state index contributed by atoms with van der Waals surface area (Å²) in [7, 11) is -3.85. The van der Waals surface area contributed by atoms with Crippen molar-refractivity contribution in [3.63, 3.8) is 0 Å². The summed E-state index contributed by atoms with van der Waals surface area (Å²) in [6, 6.07) is 7.35. The van der Waals surface area contributed by atoms with Crippen molar-refractivity contribution < 1.29 is 13.3 Å². The number of non-ortho nitro benzene ring substituents is 1. The maximum atomic E-state index is 12.3. The van der Waals surface area contributed by atoms with Crippen LogP contribution in [-0.4, -0.2) is 17.9 Å². The molecular formula is C14H9N3O4S3. The monoisotopic (exact) mass is 379 g/mol. The quantitative estimate of drug-likeness (QED) is 0.395. The van der Waals surface area contributed by atoms with E-state index in [1.807, 2.05) is 0 Å². The summed E-state index contributed by atoms with van der Waals surface area (Å²) < 4.78 is 30.8. The van der Waals surface area contributed by atoms with E-state index in [1.54, 1.807) is 16.0 Å². The van der Waals surface area contributed by atoms with Crippen LogP contribution >= 0.6 is 22.7 Å². The lowest BCUT2D eigenvalue weighted by Gasteiger charge is -1.99. The lowest BCUT2D eigenvalue weighted by Crippen LogP contribution is -2.16. The van der Waals surface area contributed by atoms with Crippen molar-refractivity contribution in [2.45, 2.75) is 10.8 Å². The molecule has 0 saturated carbocycles. The minimum Gasteiger partial charge on any atom is -0.304 e. The summed E-state index contributed by atoms with van der Waals surface area (Å²) in [5, 5.41) is 12.5. The van der Waals surface area contributed by atoms with Gasteiger partial charge in [0.25, 0.3) is 15.7 Å². The molecule has 2 aromatic heterocycles. The molecule has 0 atom stereocenters. The molecule has 24 heavy (non-hydrogen) atoms. The van der Waals surface area contributed by atoms with E-state index >= 15 is 0 Å². The number of hydrogen-bond donors (Lipinski definition) is 0. The standard InChI is InChI=1S/C14H9N3O4S3/c1-2-7-16-11-6-5-10(17(18)19)9-12(11)23-14(16)15-24(20,21)13-4-3-8-22-13/h1,3-6,8-9H,7H2/b15-14-. The number of terminal acetylenes is 1. The second-order valence-electron chi connectivity index (χ2n) is 4.58. The Labute approximate surface area is 144 Å².